The van der Waals surface area contributed by atoms with E-state index in [1.54, 1.807) is 13.0 Å². The molecule has 0 bridgehead atoms. The second-order valence-corrected chi connectivity index (χ2v) is 4.24. The molecule has 0 fully saturated rings. The molecule has 0 radical (unpaired) electrons. The van der Waals surface area contributed by atoms with Gasteiger partial charge in [0.2, 0.25) is 0 Å². The highest BCUT2D eigenvalue weighted by Crippen LogP contribution is 2.00. The summed E-state index contributed by atoms with van der Waals surface area (Å²) in [6, 6.07) is 0. The predicted molar refractivity (Wildman–Crippen MR) is 66.7 cm³/mol. The molecule has 0 amide bonds. The van der Waals surface area contributed by atoms with Crippen molar-refractivity contribution < 1.29 is 9.90 Å². The number of hydrogen-bond acceptors (Lipinski definition) is 3. The number of rotatable bonds is 9. The lowest BCUT2D eigenvalue weighted by Gasteiger charge is -2.09. The van der Waals surface area contributed by atoms with Crippen LogP contribution in [0.3, 0.4) is 0 Å². The number of carboxylic acids is 1. The Kier molecular flexibility index (Phi) is 8.85. The molecular formula is C12H24N2O2. The van der Waals surface area contributed by atoms with Crippen molar-refractivity contribution in [3.8, 4) is 0 Å². The molecule has 0 saturated heterocycles. The van der Waals surface area contributed by atoms with Crippen LogP contribution < -0.4 is 5.32 Å². The van der Waals surface area contributed by atoms with Crippen molar-refractivity contribution in [2.24, 2.45) is 0 Å². The molecule has 0 atom stereocenters. The maximum Gasteiger partial charge on any atom is 0.330 e. The molecule has 0 aliphatic rings. The Balaban J connectivity index is 3.28. The monoisotopic (exact) mass is 228 g/mol. The molecular weight excluding hydrogens is 204 g/mol. The number of likely N-dealkylation sites (N-methyl/N-ethyl adjacent to an activating group) is 1. The summed E-state index contributed by atoms with van der Waals surface area (Å²) in [5, 5.41) is 12.0. The molecule has 0 saturated carbocycles. The predicted octanol–water partition coefficient (Wildman–Crippen LogP) is 1.34. The van der Waals surface area contributed by atoms with Crippen LogP contribution in [-0.4, -0.2) is 49.7 Å². The number of nitrogens with one attached hydrogen (secondary N) is 1. The quantitative estimate of drug-likeness (QED) is 0.462. The zero-order valence-electron chi connectivity index (χ0n) is 10.6. The highest BCUT2D eigenvalue weighted by molar-refractivity contribution is 5.85. The lowest BCUT2D eigenvalue weighted by molar-refractivity contribution is -0.132. The van der Waals surface area contributed by atoms with Crippen molar-refractivity contribution in [2.45, 2.75) is 26.2 Å². The number of aliphatic carboxylic acids is 1. The molecule has 4 nitrogen and oxygen atoms in total. The van der Waals surface area contributed by atoms with Gasteiger partial charge in [-0.1, -0.05) is 6.08 Å². The molecule has 0 unspecified atom stereocenters. The average Bonchev–Trinajstić information content (AvgIpc) is 2.21. The minimum atomic E-state index is -0.816. The minimum absolute atomic E-state index is 0.445. The van der Waals surface area contributed by atoms with Crippen LogP contribution >= 0.6 is 0 Å². The van der Waals surface area contributed by atoms with E-state index < -0.39 is 5.97 Å². The first-order chi connectivity index (χ1) is 7.54. The van der Waals surface area contributed by atoms with E-state index in [2.05, 4.69) is 24.3 Å². The zero-order valence-corrected chi connectivity index (χ0v) is 10.6. The van der Waals surface area contributed by atoms with E-state index in [4.69, 9.17) is 5.11 Å². The number of unbranched alkanes of at least 4 members (excludes halogenated alkanes) is 2. The smallest absolute Gasteiger partial charge is 0.330 e. The zero-order chi connectivity index (χ0) is 12.4. The maximum atomic E-state index is 10.5. The van der Waals surface area contributed by atoms with E-state index in [0.29, 0.717) is 5.57 Å². The molecule has 0 rings (SSSR count). The number of nitrogens with zero attached hydrogens (tertiary/aromatic N) is 1. The van der Waals surface area contributed by atoms with Gasteiger partial charge in [-0.2, -0.15) is 0 Å². The first-order valence-electron chi connectivity index (χ1n) is 5.79. The Hall–Kier alpha value is -0.870. The van der Waals surface area contributed by atoms with E-state index in [0.717, 1.165) is 38.9 Å². The second-order valence-electron chi connectivity index (χ2n) is 4.24. The summed E-state index contributed by atoms with van der Waals surface area (Å²) < 4.78 is 0. The van der Waals surface area contributed by atoms with Gasteiger partial charge >= 0.3 is 5.97 Å². The number of carbonyl (C=O) groups is 1. The summed E-state index contributed by atoms with van der Waals surface area (Å²) in [4.78, 5) is 12.6. The number of hydrogen-bond donors (Lipinski definition) is 2. The summed E-state index contributed by atoms with van der Waals surface area (Å²) in [5.74, 6) is -0.816. The van der Waals surface area contributed by atoms with Crippen molar-refractivity contribution in [3.63, 3.8) is 0 Å². The van der Waals surface area contributed by atoms with Gasteiger partial charge in [-0.3, -0.25) is 0 Å². The molecule has 4 heteroatoms. The van der Waals surface area contributed by atoms with E-state index in [1.165, 1.54) is 0 Å². The molecule has 0 aliphatic carbocycles. The van der Waals surface area contributed by atoms with Gasteiger partial charge in [0.25, 0.3) is 0 Å². The lowest BCUT2D eigenvalue weighted by atomic mass is 10.2. The number of carboxylic acid groups (broad SMARTS) is 1. The molecule has 0 aromatic rings. The average molecular weight is 228 g/mol. The Morgan fingerprint density at radius 1 is 1.31 bits per heavy atom. The standard InChI is InChI=1S/C12H24N2O2/c1-11(12(15)16)7-5-4-6-8-13-9-10-14(2)3/h7,13H,4-6,8-10H2,1-3H3,(H,15,16). The van der Waals surface area contributed by atoms with Crippen LogP contribution in [0.4, 0.5) is 0 Å². The Morgan fingerprint density at radius 2 is 2.00 bits per heavy atom. The van der Waals surface area contributed by atoms with Gasteiger partial charge in [0.1, 0.15) is 0 Å². The molecule has 0 aromatic heterocycles. The van der Waals surface area contributed by atoms with Crippen LogP contribution in [0.1, 0.15) is 26.2 Å². The van der Waals surface area contributed by atoms with Gasteiger partial charge in [-0.15, -0.1) is 0 Å². The van der Waals surface area contributed by atoms with Crippen LogP contribution in [0.2, 0.25) is 0 Å². The molecule has 0 aliphatic heterocycles. The van der Waals surface area contributed by atoms with Crippen molar-refractivity contribution in [3.05, 3.63) is 11.6 Å². The normalized spacial score (nSPS) is 12.1. The van der Waals surface area contributed by atoms with Crippen LogP contribution in [0.5, 0.6) is 0 Å². The molecule has 0 spiro atoms. The third kappa shape index (κ3) is 9.68. The molecule has 0 heterocycles. The minimum Gasteiger partial charge on any atom is -0.478 e. The summed E-state index contributed by atoms with van der Waals surface area (Å²) in [5.41, 5.74) is 0.445. The third-order valence-corrected chi connectivity index (χ3v) is 2.33. The maximum absolute atomic E-state index is 10.5. The summed E-state index contributed by atoms with van der Waals surface area (Å²) in [6.07, 6.45) is 4.78. The van der Waals surface area contributed by atoms with Crippen LogP contribution in [0.25, 0.3) is 0 Å². The fraction of sp³-hybridized carbons (Fsp3) is 0.750. The molecule has 2 N–H and O–H groups in total. The van der Waals surface area contributed by atoms with E-state index in [1.807, 2.05) is 0 Å². The van der Waals surface area contributed by atoms with Crippen LogP contribution in [0, 0.1) is 0 Å². The topological polar surface area (TPSA) is 52.6 Å². The summed E-state index contributed by atoms with van der Waals surface area (Å²) >= 11 is 0. The Morgan fingerprint density at radius 3 is 2.56 bits per heavy atom. The van der Waals surface area contributed by atoms with Gasteiger partial charge in [0.05, 0.1) is 0 Å². The third-order valence-electron chi connectivity index (χ3n) is 2.33. The van der Waals surface area contributed by atoms with E-state index in [9.17, 15) is 4.79 Å². The first kappa shape index (κ1) is 15.1. The van der Waals surface area contributed by atoms with Crippen molar-refractivity contribution in [2.75, 3.05) is 33.7 Å². The Bertz CT molecular complexity index is 225. The van der Waals surface area contributed by atoms with Gasteiger partial charge in [-0.05, 0) is 46.8 Å². The van der Waals surface area contributed by atoms with Crippen molar-refractivity contribution in [1.82, 2.24) is 10.2 Å². The van der Waals surface area contributed by atoms with Gasteiger partial charge in [0, 0.05) is 18.7 Å². The van der Waals surface area contributed by atoms with Gasteiger partial charge in [0.15, 0.2) is 0 Å². The largest absolute Gasteiger partial charge is 0.478 e. The van der Waals surface area contributed by atoms with E-state index >= 15 is 0 Å². The highest BCUT2D eigenvalue weighted by atomic mass is 16.4. The van der Waals surface area contributed by atoms with Crippen molar-refractivity contribution >= 4 is 5.97 Å². The highest BCUT2D eigenvalue weighted by Gasteiger charge is 1.97. The van der Waals surface area contributed by atoms with E-state index in [-0.39, 0.29) is 0 Å². The first-order valence-corrected chi connectivity index (χ1v) is 5.79. The van der Waals surface area contributed by atoms with Gasteiger partial charge in [-0.25, -0.2) is 4.79 Å². The van der Waals surface area contributed by atoms with Crippen LogP contribution in [0.15, 0.2) is 11.6 Å². The van der Waals surface area contributed by atoms with Crippen LogP contribution in [-0.2, 0) is 4.79 Å². The molecule has 0 aromatic carbocycles. The van der Waals surface area contributed by atoms with Crippen molar-refractivity contribution in [1.29, 1.82) is 0 Å². The van der Waals surface area contributed by atoms with Gasteiger partial charge < -0.3 is 15.3 Å². The molecule has 94 valence electrons. The fourth-order valence-corrected chi connectivity index (χ4v) is 1.23. The number of allylic oxidation sites excluding steroid dienone is 1. The Labute approximate surface area is 98.3 Å². The summed E-state index contributed by atoms with van der Waals surface area (Å²) in [6.45, 7) is 4.71. The fourth-order valence-electron chi connectivity index (χ4n) is 1.23. The summed E-state index contributed by atoms with van der Waals surface area (Å²) in [7, 11) is 4.11. The lowest BCUT2D eigenvalue weighted by Crippen LogP contribution is -2.27. The molecule has 16 heavy (non-hydrogen) atoms. The second kappa shape index (κ2) is 9.36. The SMILES string of the molecule is CC(=CCCCCNCCN(C)C)C(=O)O.